The smallest absolute Gasteiger partial charge is 0.182 e. The van der Waals surface area contributed by atoms with E-state index in [0.717, 1.165) is 5.01 Å². The molecule has 68 valence electrons. The minimum atomic E-state index is -0.437. The lowest BCUT2D eigenvalue weighted by Crippen LogP contribution is -2.42. The van der Waals surface area contributed by atoms with Crippen molar-refractivity contribution in [2.45, 2.75) is 26.4 Å². The lowest BCUT2D eigenvalue weighted by Gasteiger charge is -2.21. The molecule has 1 heterocycles. The Morgan fingerprint density at radius 3 is 2.75 bits per heavy atom. The zero-order valence-corrected chi connectivity index (χ0v) is 7.17. The average Bonchev–Trinajstić information content (AvgIpc) is 2.46. The molecule has 1 aliphatic rings. The molecule has 6 heteroatoms. The maximum absolute atomic E-state index is 10.4. The maximum Gasteiger partial charge on any atom is 0.182 e. The van der Waals surface area contributed by atoms with Crippen LogP contribution in [0.4, 0.5) is 0 Å². The first kappa shape index (κ1) is 8.76. The van der Waals surface area contributed by atoms with Crippen LogP contribution in [0, 0.1) is 10.1 Å². The SMILES string of the molecule is CCC1N(CC)N=CN1[N+](=O)[O-]. The van der Waals surface area contributed by atoms with Crippen molar-refractivity contribution in [1.82, 2.24) is 10.0 Å². The lowest BCUT2D eigenvalue weighted by atomic mass is 10.3. The summed E-state index contributed by atoms with van der Waals surface area (Å²) in [4.78, 5) is 10.4. The van der Waals surface area contributed by atoms with Crippen molar-refractivity contribution >= 4 is 6.34 Å². The Balaban J connectivity index is 2.68. The molecule has 0 saturated carbocycles. The Hall–Kier alpha value is -1.33. The van der Waals surface area contributed by atoms with Gasteiger partial charge >= 0.3 is 0 Å². The van der Waals surface area contributed by atoms with Crippen molar-refractivity contribution < 1.29 is 5.03 Å². The minimum Gasteiger partial charge on any atom is -0.267 e. The third-order valence-corrected chi connectivity index (χ3v) is 1.85. The van der Waals surface area contributed by atoms with Crippen LogP contribution in [0.3, 0.4) is 0 Å². The number of nitro groups is 1. The standard InChI is InChI=1S/C6H12N4O2/c1-3-6-8(4-2)7-5-9(6)10(11)12/h5-6H,3-4H2,1-2H3. The Labute approximate surface area is 70.6 Å². The summed E-state index contributed by atoms with van der Waals surface area (Å²) in [6.07, 6.45) is 1.73. The molecule has 0 N–H and O–H groups in total. The average molecular weight is 172 g/mol. The molecule has 6 nitrogen and oxygen atoms in total. The molecule has 0 radical (unpaired) electrons. The van der Waals surface area contributed by atoms with E-state index in [1.54, 1.807) is 5.01 Å². The van der Waals surface area contributed by atoms with E-state index in [1.165, 1.54) is 6.34 Å². The topological polar surface area (TPSA) is 62.0 Å². The van der Waals surface area contributed by atoms with E-state index in [1.807, 2.05) is 13.8 Å². The molecule has 1 unspecified atom stereocenters. The van der Waals surface area contributed by atoms with Crippen LogP contribution in [-0.4, -0.2) is 34.1 Å². The van der Waals surface area contributed by atoms with Gasteiger partial charge in [-0.1, -0.05) is 11.9 Å². The lowest BCUT2D eigenvalue weighted by molar-refractivity contribution is -0.638. The van der Waals surface area contributed by atoms with E-state index in [2.05, 4.69) is 5.10 Å². The van der Waals surface area contributed by atoms with Crippen LogP contribution in [-0.2, 0) is 0 Å². The van der Waals surface area contributed by atoms with Crippen LogP contribution in [0.5, 0.6) is 0 Å². The quantitative estimate of drug-likeness (QED) is 0.459. The molecule has 0 bridgehead atoms. The molecule has 0 fully saturated rings. The minimum absolute atomic E-state index is 0.218. The molecule has 12 heavy (non-hydrogen) atoms. The van der Waals surface area contributed by atoms with Gasteiger partial charge in [-0.3, -0.25) is 5.01 Å². The molecule has 1 rings (SSSR count). The first-order valence-corrected chi connectivity index (χ1v) is 3.94. The second kappa shape index (κ2) is 3.38. The molecule has 0 saturated heterocycles. The predicted octanol–water partition coefficient (Wildman–Crippen LogP) is 0.495. The number of hydrazone groups is 1. The van der Waals surface area contributed by atoms with Gasteiger partial charge in [-0.2, -0.15) is 5.10 Å². The van der Waals surface area contributed by atoms with Crippen molar-refractivity contribution in [2.75, 3.05) is 6.54 Å². The van der Waals surface area contributed by atoms with Gasteiger partial charge in [0.15, 0.2) is 17.5 Å². The molecule has 0 spiro atoms. The van der Waals surface area contributed by atoms with Crippen molar-refractivity contribution in [3.05, 3.63) is 10.1 Å². The van der Waals surface area contributed by atoms with Gasteiger partial charge in [0.1, 0.15) is 0 Å². The molecule has 1 aliphatic heterocycles. The van der Waals surface area contributed by atoms with E-state index in [0.29, 0.717) is 13.0 Å². The molecular weight excluding hydrogens is 160 g/mol. The number of hydrogen-bond acceptors (Lipinski definition) is 4. The Morgan fingerprint density at radius 1 is 1.67 bits per heavy atom. The molecule has 0 aliphatic carbocycles. The summed E-state index contributed by atoms with van der Waals surface area (Å²) < 4.78 is 0. The van der Waals surface area contributed by atoms with Crippen LogP contribution in [0.2, 0.25) is 0 Å². The second-order valence-corrected chi connectivity index (χ2v) is 2.49. The summed E-state index contributed by atoms with van der Waals surface area (Å²) in [5, 5.41) is 16.6. The molecular formula is C6H12N4O2. The van der Waals surface area contributed by atoms with Gasteiger partial charge in [0.05, 0.1) is 0 Å². The van der Waals surface area contributed by atoms with Crippen LogP contribution in [0.25, 0.3) is 0 Å². The predicted molar refractivity (Wildman–Crippen MR) is 43.8 cm³/mol. The summed E-state index contributed by atoms with van der Waals surface area (Å²) in [6.45, 7) is 4.52. The van der Waals surface area contributed by atoms with Gasteiger partial charge < -0.3 is 0 Å². The molecule has 0 aromatic rings. The van der Waals surface area contributed by atoms with Gasteiger partial charge in [0.25, 0.3) is 0 Å². The second-order valence-electron chi connectivity index (χ2n) is 2.49. The van der Waals surface area contributed by atoms with Gasteiger partial charge in [0.2, 0.25) is 0 Å². The van der Waals surface area contributed by atoms with Crippen LogP contribution in [0.15, 0.2) is 5.10 Å². The fourth-order valence-electron chi connectivity index (χ4n) is 1.25. The Bertz CT molecular complexity index is 206. The monoisotopic (exact) mass is 172 g/mol. The summed E-state index contributed by atoms with van der Waals surface area (Å²) in [7, 11) is 0. The van der Waals surface area contributed by atoms with Crippen LogP contribution >= 0.6 is 0 Å². The maximum atomic E-state index is 10.4. The number of rotatable bonds is 3. The highest BCUT2D eigenvalue weighted by atomic mass is 16.7. The van der Waals surface area contributed by atoms with E-state index >= 15 is 0 Å². The Kier molecular flexibility index (Phi) is 2.47. The summed E-state index contributed by atoms with van der Waals surface area (Å²) in [5.74, 6) is 0. The highest BCUT2D eigenvalue weighted by molar-refractivity contribution is 5.55. The number of hydrazine groups is 1. The third-order valence-electron chi connectivity index (χ3n) is 1.85. The van der Waals surface area contributed by atoms with E-state index in [-0.39, 0.29) is 6.17 Å². The molecule has 0 amide bonds. The van der Waals surface area contributed by atoms with Crippen molar-refractivity contribution in [2.24, 2.45) is 5.10 Å². The first-order chi connectivity index (χ1) is 5.70. The van der Waals surface area contributed by atoms with Gasteiger partial charge in [-0.05, 0) is 13.3 Å². The summed E-state index contributed by atoms with van der Waals surface area (Å²) in [5.41, 5.74) is 0. The van der Waals surface area contributed by atoms with Gasteiger partial charge in [0, 0.05) is 6.54 Å². The zero-order valence-electron chi connectivity index (χ0n) is 7.17. The fraction of sp³-hybridized carbons (Fsp3) is 0.833. The van der Waals surface area contributed by atoms with Gasteiger partial charge in [-0.15, -0.1) is 0 Å². The third kappa shape index (κ3) is 1.32. The van der Waals surface area contributed by atoms with Crippen molar-refractivity contribution in [3.8, 4) is 0 Å². The normalized spacial score (nSPS) is 22.0. The number of hydrogen-bond donors (Lipinski definition) is 0. The fourth-order valence-corrected chi connectivity index (χ4v) is 1.25. The van der Waals surface area contributed by atoms with Crippen molar-refractivity contribution in [1.29, 1.82) is 0 Å². The zero-order chi connectivity index (χ0) is 9.14. The van der Waals surface area contributed by atoms with E-state index in [4.69, 9.17) is 0 Å². The largest absolute Gasteiger partial charge is 0.267 e. The van der Waals surface area contributed by atoms with Gasteiger partial charge in [-0.25, -0.2) is 10.1 Å². The Morgan fingerprint density at radius 2 is 2.33 bits per heavy atom. The van der Waals surface area contributed by atoms with Crippen LogP contribution < -0.4 is 0 Å². The summed E-state index contributed by atoms with van der Waals surface area (Å²) in [6, 6.07) is 0. The van der Waals surface area contributed by atoms with E-state index < -0.39 is 5.03 Å². The molecule has 0 aromatic heterocycles. The highest BCUT2D eigenvalue weighted by Crippen LogP contribution is 2.14. The number of nitrogens with zero attached hydrogens (tertiary/aromatic N) is 4. The molecule has 1 atom stereocenters. The van der Waals surface area contributed by atoms with Crippen LogP contribution in [0.1, 0.15) is 20.3 Å². The van der Waals surface area contributed by atoms with Crippen molar-refractivity contribution in [3.63, 3.8) is 0 Å². The first-order valence-electron chi connectivity index (χ1n) is 3.94. The highest BCUT2D eigenvalue weighted by Gasteiger charge is 2.32. The van der Waals surface area contributed by atoms with E-state index in [9.17, 15) is 10.1 Å². The molecule has 0 aromatic carbocycles. The summed E-state index contributed by atoms with van der Waals surface area (Å²) >= 11 is 0.